The minimum absolute atomic E-state index is 0.000314. The van der Waals surface area contributed by atoms with Gasteiger partial charge in [-0.3, -0.25) is 14.6 Å². The number of pyridine rings is 1. The Bertz CT molecular complexity index is 928. The summed E-state index contributed by atoms with van der Waals surface area (Å²) in [6, 6.07) is 12.7. The minimum Gasteiger partial charge on any atom is -0.299 e. The second-order valence-electron chi connectivity index (χ2n) is 11.7. The van der Waals surface area contributed by atoms with Crippen molar-refractivity contribution in [3.05, 3.63) is 64.5 Å². The number of hydrogen-bond donors (Lipinski definition) is 0. The highest BCUT2D eigenvalue weighted by molar-refractivity contribution is 6.05. The van der Waals surface area contributed by atoms with Crippen LogP contribution in [-0.2, 0) is 20.4 Å². The number of aromatic nitrogens is 1. The Morgan fingerprint density at radius 2 is 1.21 bits per heavy atom. The molecule has 0 aliphatic heterocycles. The van der Waals surface area contributed by atoms with Gasteiger partial charge in [0.2, 0.25) is 0 Å². The normalized spacial score (nSPS) is 14.3. The Hall–Kier alpha value is -2.29. The maximum atomic E-state index is 11.9. The van der Waals surface area contributed by atoms with Gasteiger partial charge in [0.05, 0.1) is 0 Å². The number of benzene rings is 1. The van der Waals surface area contributed by atoms with Gasteiger partial charge in [0, 0.05) is 22.2 Å². The Morgan fingerprint density at radius 1 is 0.788 bits per heavy atom. The number of carbonyl (C=O) groups excluding carboxylic acids is 2. The summed E-state index contributed by atoms with van der Waals surface area (Å²) in [7, 11) is 0. The summed E-state index contributed by atoms with van der Waals surface area (Å²) in [6.45, 7) is 20.9. The van der Waals surface area contributed by atoms with E-state index in [1.807, 2.05) is 12.1 Å². The van der Waals surface area contributed by atoms with E-state index in [0.29, 0.717) is 11.8 Å². The van der Waals surface area contributed by atoms with Gasteiger partial charge < -0.3 is 0 Å². The Labute approximate surface area is 201 Å². The third-order valence-electron chi connectivity index (χ3n) is 6.64. The van der Waals surface area contributed by atoms with Crippen molar-refractivity contribution in [1.29, 1.82) is 0 Å². The average Bonchev–Trinajstić information content (AvgIpc) is 2.70. The number of ketones is 2. The first-order valence-corrected chi connectivity index (χ1v) is 12.3. The van der Waals surface area contributed by atoms with E-state index in [2.05, 4.69) is 79.7 Å². The molecule has 1 heterocycles. The molecule has 3 heteroatoms. The van der Waals surface area contributed by atoms with Crippen LogP contribution in [0.2, 0.25) is 0 Å². The largest absolute Gasteiger partial charge is 0.299 e. The summed E-state index contributed by atoms with van der Waals surface area (Å²) in [5, 5.41) is 0. The number of hydrogen-bond acceptors (Lipinski definition) is 3. The van der Waals surface area contributed by atoms with Crippen molar-refractivity contribution in [2.45, 2.75) is 111 Å². The van der Waals surface area contributed by atoms with Crippen LogP contribution in [-0.4, -0.2) is 16.6 Å². The van der Waals surface area contributed by atoms with Crippen LogP contribution < -0.4 is 0 Å². The molecular weight excluding hydrogens is 406 g/mol. The molecule has 0 saturated heterocycles. The first-order valence-electron chi connectivity index (χ1n) is 12.3. The SMILES string of the molecule is CCC(CC(C)c1cc(C(C)(C)C)nc(C(C)(C)C)c1)c1ccc(C(C(C)=O)C(C)=O)cc1. The second kappa shape index (κ2) is 10.3. The molecule has 0 aliphatic carbocycles. The molecule has 2 aromatic rings. The molecule has 0 radical (unpaired) electrons. The van der Waals surface area contributed by atoms with E-state index in [-0.39, 0.29) is 22.4 Å². The summed E-state index contributed by atoms with van der Waals surface area (Å²) in [6.07, 6.45) is 2.08. The monoisotopic (exact) mass is 449 g/mol. The van der Waals surface area contributed by atoms with E-state index >= 15 is 0 Å². The molecule has 180 valence electrons. The summed E-state index contributed by atoms with van der Waals surface area (Å²) in [5.74, 6) is -0.0502. The smallest absolute Gasteiger partial charge is 0.144 e. The van der Waals surface area contributed by atoms with Crippen LogP contribution >= 0.6 is 0 Å². The Kier molecular flexibility index (Phi) is 8.43. The van der Waals surface area contributed by atoms with Crippen molar-refractivity contribution in [2.75, 3.05) is 0 Å². The topological polar surface area (TPSA) is 47.0 Å². The van der Waals surface area contributed by atoms with Gasteiger partial charge in [-0.2, -0.15) is 0 Å². The molecule has 0 N–H and O–H groups in total. The zero-order chi connectivity index (χ0) is 25.1. The maximum Gasteiger partial charge on any atom is 0.144 e. The fourth-order valence-corrected chi connectivity index (χ4v) is 4.42. The lowest BCUT2D eigenvalue weighted by Crippen LogP contribution is -2.21. The lowest BCUT2D eigenvalue weighted by Gasteiger charge is -2.27. The molecular formula is C30H43NO2. The molecule has 1 aromatic carbocycles. The lowest BCUT2D eigenvalue weighted by molar-refractivity contribution is -0.126. The molecule has 33 heavy (non-hydrogen) atoms. The van der Waals surface area contributed by atoms with Crippen molar-refractivity contribution in [1.82, 2.24) is 4.98 Å². The van der Waals surface area contributed by atoms with Crippen LogP contribution in [0.1, 0.15) is 128 Å². The molecule has 2 atom stereocenters. The fraction of sp³-hybridized carbons (Fsp3) is 0.567. The molecule has 0 fully saturated rings. The van der Waals surface area contributed by atoms with Gasteiger partial charge in [-0.05, 0) is 67.3 Å². The highest BCUT2D eigenvalue weighted by atomic mass is 16.1. The van der Waals surface area contributed by atoms with Gasteiger partial charge in [-0.1, -0.05) is 79.7 Å². The highest BCUT2D eigenvalue weighted by Crippen LogP contribution is 2.36. The van der Waals surface area contributed by atoms with E-state index in [4.69, 9.17) is 4.98 Å². The quantitative estimate of drug-likeness (QED) is 0.389. The predicted molar refractivity (Wildman–Crippen MR) is 138 cm³/mol. The zero-order valence-corrected chi connectivity index (χ0v) is 22.4. The zero-order valence-electron chi connectivity index (χ0n) is 22.4. The van der Waals surface area contributed by atoms with Crippen molar-refractivity contribution in [2.24, 2.45) is 0 Å². The first-order chi connectivity index (χ1) is 15.1. The maximum absolute atomic E-state index is 11.9. The lowest BCUT2D eigenvalue weighted by atomic mass is 9.80. The summed E-state index contributed by atoms with van der Waals surface area (Å²) < 4.78 is 0. The van der Waals surface area contributed by atoms with Gasteiger partial charge >= 0.3 is 0 Å². The van der Waals surface area contributed by atoms with Crippen molar-refractivity contribution in [3.8, 4) is 0 Å². The van der Waals surface area contributed by atoms with Crippen molar-refractivity contribution >= 4 is 11.6 Å². The van der Waals surface area contributed by atoms with E-state index in [0.717, 1.165) is 29.8 Å². The molecule has 0 amide bonds. The number of nitrogens with zero attached hydrogens (tertiary/aromatic N) is 1. The van der Waals surface area contributed by atoms with Gasteiger partial charge in [-0.15, -0.1) is 0 Å². The average molecular weight is 450 g/mol. The first kappa shape index (κ1) is 27.0. The number of Topliss-reactive ketones (excluding diaryl/α,β-unsaturated/α-hetero) is 2. The number of carbonyl (C=O) groups is 2. The fourth-order valence-electron chi connectivity index (χ4n) is 4.42. The standard InChI is InChI=1S/C30H43NO2/c1-11-22(23-12-14-24(15-13-23)28(20(3)32)21(4)33)16-19(2)25-17-26(29(5,6)7)31-27(18-25)30(8,9)10/h12-15,17-19,22,28H,11,16H2,1-10H3. The van der Waals surface area contributed by atoms with Crippen molar-refractivity contribution in [3.63, 3.8) is 0 Å². The highest BCUT2D eigenvalue weighted by Gasteiger charge is 2.25. The van der Waals surface area contributed by atoms with Crippen molar-refractivity contribution < 1.29 is 9.59 Å². The molecule has 1 aromatic heterocycles. The van der Waals surface area contributed by atoms with Gasteiger partial charge in [-0.25, -0.2) is 0 Å². The molecule has 0 aliphatic rings. The third kappa shape index (κ3) is 6.85. The van der Waals surface area contributed by atoms with E-state index in [1.165, 1.54) is 25.0 Å². The Morgan fingerprint density at radius 3 is 1.58 bits per heavy atom. The molecule has 2 rings (SSSR count). The predicted octanol–water partition coefficient (Wildman–Crippen LogP) is 7.63. The second-order valence-corrected chi connectivity index (χ2v) is 11.7. The van der Waals surface area contributed by atoms with E-state index in [1.54, 1.807) is 0 Å². The van der Waals surface area contributed by atoms with Crippen LogP contribution in [0.4, 0.5) is 0 Å². The van der Waals surface area contributed by atoms with Gasteiger partial charge in [0.25, 0.3) is 0 Å². The molecule has 0 spiro atoms. The Balaban J connectivity index is 2.34. The summed E-state index contributed by atoms with van der Waals surface area (Å²) >= 11 is 0. The van der Waals surface area contributed by atoms with Gasteiger partial charge in [0.15, 0.2) is 0 Å². The molecule has 0 bridgehead atoms. The van der Waals surface area contributed by atoms with Crippen LogP contribution in [0.5, 0.6) is 0 Å². The van der Waals surface area contributed by atoms with Crippen LogP contribution in [0.15, 0.2) is 36.4 Å². The van der Waals surface area contributed by atoms with Crippen LogP contribution in [0.25, 0.3) is 0 Å². The van der Waals surface area contributed by atoms with E-state index in [9.17, 15) is 9.59 Å². The molecule has 3 nitrogen and oxygen atoms in total. The van der Waals surface area contributed by atoms with Crippen LogP contribution in [0, 0.1) is 0 Å². The van der Waals surface area contributed by atoms with Crippen LogP contribution in [0.3, 0.4) is 0 Å². The minimum atomic E-state index is -0.651. The molecule has 0 saturated carbocycles. The molecule has 2 unspecified atom stereocenters. The summed E-state index contributed by atoms with van der Waals surface area (Å²) in [4.78, 5) is 28.9. The number of rotatable bonds is 8. The third-order valence-corrected chi connectivity index (χ3v) is 6.64. The summed E-state index contributed by atoms with van der Waals surface area (Å²) in [5.41, 5.74) is 5.70. The van der Waals surface area contributed by atoms with Gasteiger partial charge in [0.1, 0.15) is 17.5 Å². The van der Waals surface area contributed by atoms with E-state index < -0.39 is 5.92 Å².